The second kappa shape index (κ2) is 4.33. The molecule has 0 aliphatic carbocycles. The molecule has 4 heteroatoms. The summed E-state index contributed by atoms with van der Waals surface area (Å²) < 4.78 is 11.1. The second-order valence-electron chi connectivity index (χ2n) is 2.31. The highest BCUT2D eigenvalue weighted by Crippen LogP contribution is 2.31. The van der Waals surface area contributed by atoms with E-state index >= 15 is 0 Å². The summed E-state index contributed by atoms with van der Waals surface area (Å²) in [5.41, 5.74) is 0.536. The third-order valence-electron chi connectivity index (χ3n) is 1.57. The topological polar surface area (TPSA) is 42.2 Å². The van der Waals surface area contributed by atoms with Gasteiger partial charge in [0.05, 0.1) is 29.4 Å². The largest absolute Gasteiger partial charge is 0.495 e. The smallest absolute Gasteiger partial charge is 0.137 e. The Balaban J connectivity index is 3.30. The maximum Gasteiger partial charge on any atom is 0.137 e. The van der Waals surface area contributed by atoms with Crippen LogP contribution in [0.3, 0.4) is 0 Å². The lowest BCUT2D eigenvalue weighted by Gasteiger charge is -2.08. The lowest BCUT2D eigenvalue weighted by Crippen LogP contribution is -1.93. The van der Waals surface area contributed by atoms with Crippen LogP contribution in [-0.2, 0) is 0 Å². The molecule has 3 nitrogen and oxygen atoms in total. The number of hydrogen-bond donors (Lipinski definition) is 0. The van der Waals surface area contributed by atoms with Crippen molar-refractivity contribution in [2.75, 3.05) is 14.2 Å². The van der Waals surface area contributed by atoms with Crippen LogP contribution in [0, 0.1) is 14.9 Å². The van der Waals surface area contributed by atoms with Gasteiger partial charge in [0.1, 0.15) is 11.5 Å². The standard InChI is InChI=1S/C9H8INO2/c1-12-7-3-6(5-11)4-8(13-2)9(7)10/h3-4H,1-2H3. The summed E-state index contributed by atoms with van der Waals surface area (Å²) in [4.78, 5) is 0. The molecule has 1 aromatic carbocycles. The van der Waals surface area contributed by atoms with Crippen LogP contribution in [0.5, 0.6) is 11.5 Å². The first kappa shape index (κ1) is 10.1. The van der Waals surface area contributed by atoms with E-state index in [1.54, 1.807) is 26.4 Å². The first-order valence-electron chi connectivity index (χ1n) is 3.54. The highest BCUT2D eigenvalue weighted by atomic mass is 127. The zero-order valence-electron chi connectivity index (χ0n) is 7.30. The number of hydrogen-bond acceptors (Lipinski definition) is 3. The van der Waals surface area contributed by atoms with Crippen LogP contribution in [0.4, 0.5) is 0 Å². The van der Waals surface area contributed by atoms with Crippen LogP contribution in [-0.4, -0.2) is 14.2 Å². The van der Waals surface area contributed by atoms with Crippen LogP contribution < -0.4 is 9.47 Å². The average molecular weight is 289 g/mol. The first-order chi connectivity index (χ1) is 6.22. The molecule has 1 rings (SSSR count). The highest BCUT2D eigenvalue weighted by Gasteiger charge is 2.08. The van der Waals surface area contributed by atoms with E-state index in [1.807, 2.05) is 6.07 Å². The van der Waals surface area contributed by atoms with Gasteiger partial charge in [-0.3, -0.25) is 0 Å². The molecule has 0 bridgehead atoms. The number of nitrogens with zero attached hydrogens (tertiary/aromatic N) is 1. The van der Waals surface area contributed by atoms with Gasteiger partial charge < -0.3 is 9.47 Å². The Morgan fingerprint density at radius 2 is 1.69 bits per heavy atom. The van der Waals surface area contributed by atoms with Crippen molar-refractivity contribution in [1.29, 1.82) is 5.26 Å². The summed E-state index contributed by atoms with van der Waals surface area (Å²) in [6.45, 7) is 0. The molecule has 0 heterocycles. The lowest BCUT2D eigenvalue weighted by atomic mass is 10.2. The van der Waals surface area contributed by atoms with Gasteiger partial charge in [-0.1, -0.05) is 0 Å². The SMILES string of the molecule is COc1cc(C#N)cc(OC)c1I. The van der Waals surface area contributed by atoms with Gasteiger partial charge >= 0.3 is 0 Å². The van der Waals surface area contributed by atoms with Gasteiger partial charge in [0.25, 0.3) is 0 Å². The number of benzene rings is 1. The van der Waals surface area contributed by atoms with Crippen molar-refractivity contribution < 1.29 is 9.47 Å². The molecule has 0 N–H and O–H groups in total. The minimum absolute atomic E-state index is 0.536. The molecule has 0 saturated carbocycles. The van der Waals surface area contributed by atoms with Crippen LogP contribution >= 0.6 is 22.6 Å². The summed E-state index contributed by atoms with van der Waals surface area (Å²) >= 11 is 2.11. The number of nitriles is 1. The normalized spacial score (nSPS) is 9.08. The van der Waals surface area contributed by atoms with Gasteiger partial charge in [-0.05, 0) is 34.7 Å². The average Bonchev–Trinajstić information content (AvgIpc) is 2.18. The van der Waals surface area contributed by atoms with Gasteiger partial charge in [-0.2, -0.15) is 5.26 Å². The van der Waals surface area contributed by atoms with Gasteiger partial charge in [0, 0.05) is 0 Å². The molecule has 0 spiro atoms. The Morgan fingerprint density at radius 3 is 2.00 bits per heavy atom. The molecule has 0 atom stereocenters. The molecular weight excluding hydrogens is 281 g/mol. The molecule has 0 fully saturated rings. The number of rotatable bonds is 2. The maximum absolute atomic E-state index is 8.70. The summed E-state index contributed by atoms with van der Waals surface area (Å²) in [6.07, 6.45) is 0. The van der Waals surface area contributed by atoms with Gasteiger partial charge in [0.2, 0.25) is 0 Å². The monoisotopic (exact) mass is 289 g/mol. The van der Waals surface area contributed by atoms with Crippen molar-refractivity contribution in [2.45, 2.75) is 0 Å². The van der Waals surface area contributed by atoms with E-state index in [0.717, 1.165) is 3.57 Å². The van der Waals surface area contributed by atoms with E-state index < -0.39 is 0 Å². The summed E-state index contributed by atoms with van der Waals surface area (Å²) in [5.74, 6) is 1.33. The fourth-order valence-electron chi connectivity index (χ4n) is 0.934. The van der Waals surface area contributed by atoms with E-state index in [2.05, 4.69) is 22.6 Å². The molecule has 0 aromatic heterocycles. The zero-order chi connectivity index (χ0) is 9.84. The zero-order valence-corrected chi connectivity index (χ0v) is 9.45. The van der Waals surface area contributed by atoms with Gasteiger partial charge in [0.15, 0.2) is 0 Å². The van der Waals surface area contributed by atoms with E-state index in [1.165, 1.54) is 0 Å². The third kappa shape index (κ3) is 2.04. The number of ether oxygens (including phenoxy) is 2. The molecule has 0 aliphatic rings. The van der Waals surface area contributed by atoms with E-state index in [0.29, 0.717) is 17.1 Å². The fourth-order valence-corrected chi connectivity index (χ4v) is 1.69. The molecule has 13 heavy (non-hydrogen) atoms. The van der Waals surface area contributed by atoms with Crippen molar-refractivity contribution in [3.8, 4) is 17.6 Å². The second-order valence-corrected chi connectivity index (χ2v) is 3.39. The Kier molecular flexibility index (Phi) is 3.37. The number of methoxy groups -OCH3 is 2. The van der Waals surface area contributed by atoms with E-state index in [-0.39, 0.29) is 0 Å². The van der Waals surface area contributed by atoms with Crippen LogP contribution in [0.25, 0.3) is 0 Å². The van der Waals surface area contributed by atoms with Crippen molar-refractivity contribution in [2.24, 2.45) is 0 Å². The summed E-state index contributed by atoms with van der Waals surface area (Å²) in [6, 6.07) is 5.41. The van der Waals surface area contributed by atoms with Crippen LogP contribution in [0.1, 0.15) is 5.56 Å². The Labute approximate surface area is 90.4 Å². The predicted octanol–water partition coefficient (Wildman–Crippen LogP) is 2.18. The van der Waals surface area contributed by atoms with Crippen molar-refractivity contribution in [3.63, 3.8) is 0 Å². The van der Waals surface area contributed by atoms with Crippen LogP contribution in [0.15, 0.2) is 12.1 Å². The van der Waals surface area contributed by atoms with Crippen LogP contribution in [0.2, 0.25) is 0 Å². The van der Waals surface area contributed by atoms with Gasteiger partial charge in [-0.15, -0.1) is 0 Å². The molecular formula is C9H8INO2. The summed E-state index contributed by atoms with van der Waals surface area (Å²) in [7, 11) is 3.14. The number of halogens is 1. The van der Waals surface area contributed by atoms with Crippen molar-refractivity contribution in [1.82, 2.24) is 0 Å². The van der Waals surface area contributed by atoms with E-state index in [9.17, 15) is 0 Å². The quantitative estimate of drug-likeness (QED) is 0.784. The molecule has 0 unspecified atom stereocenters. The highest BCUT2D eigenvalue weighted by molar-refractivity contribution is 14.1. The molecule has 1 aromatic rings. The molecule has 0 amide bonds. The minimum atomic E-state index is 0.536. The van der Waals surface area contributed by atoms with Crippen molar-refractivity contribution in [3.05, 3.63) is 21.3 Å². The minimum Gasteiger partial charge on any atom is -0.495 e. The fraction of sp³-hybridized carbons (Fsp3) is 0.222. The molecule has 0 radical (unpaired) electrons. The Morgan fingerprint density at radius 1 is 1.23 bits per heavy atom. The van der Waals surface area contributed by atoms with Gasteiger partial charge in [-0.25, -0.2) is 0 Å². The summed E-state index contributed by atoms with van der Waals surface area (Å²) in [5, 5.41) is 8.70. The Bertz CT molecular complexity index is 332. The first-order valence-corrected chi connectivity index (χ1v) is 4.62. The molecule has 0 aliphatic heterocycles. The van der Waals surface area contributed by atoms with Crippen molar-refractivity contribution >= 4 is 22.6 Å². The lowest BCUT2D eigenvalue weighted by molar-refractivity contribution is 0.388. The Hall–Kier alpha value is -0.960. The third-order valence-corrected chi connectivity index (χ3v) is 2.64. The molecule has 0 saturated heterocycles. The predicted molar refractivity (Wildman–Crippen MR) is 57.0 cm³/mol. The van der Waals surface area contributed by atoms with E-state index in [4.69, 9.17) is 14.7 Å². The maximum atomic E-state index is 8.70. The molecule has 68 valence electrons.